The number of benzene rings is 9. The third kappa shape index (κ3) is 5.33. The Morgan fingerprint density at radius 1 is 0.424 bits per heavy atom. The smallest absolute Gasteiger partial charge is 0.160 e. The van der Waals surface area contributed by atoms with Crippen molar-refractivity contribution in [2.24, 2.45) is 0 Å². The molecule has 276 valence electrons. The van der Waals surface area contributed by atoms with Gasteiger partial charge >= 0.3 is 0 Å². The lowest BCUT2D eigenvalue weighted by atomic mass is 9.99. The number of rotatable bonds is 5. The Morgan fingerprint density at radius 2 is 1.12 bits per heavy atom. The molecular weight excluding hydrogens is 721 g/mol. The van der Waals surface area contributed by atoms with E-state index in [4.69, 9.17) is 14.7 Å². The van der Waals surface area contributed by atoms with Crippen molar-refractivity contribution >= 4 is 60.5 Å². The average molecular weight is 755 g/mol. The third-order valence-corrected chi connectivity index (χ3v) is 11.5. The minimum atomic E-state index is 0.686. The van der Waals surface area contributed by atoms with Crippen molar-refractivity contribution in [3.05, 3.63) is 206 Å². The van der Waals surface area contributed by atoms with Crippen LogP contribution < -0.4 is 9.64 Å². The Balaban J connectivity index is 1.08. The number of anilines is 3. The Labute approximate surface area is 340 Å². The van der Waals surface area contributed by atoms with E-state index in [-0.39, 0.29) is 0 Å². The highest BCUT2D eigenvalue weighted by atomic mass is 16.5. The maximum atomic E-state index is 6.71. The molecular formula is C54H34N4O. The van der Waals surface area contributed by atoms with E-state index in [0.29, 0.717) is 5.82 Å². The van der Waals surface area contributed by atoms with Gasteiger partial charge < -0.3 is 14.2 Å². The Morgan fingerprint density at radius 3 is 2.02 bits per heavy atom. The number of para-hydroxylation sites is 5. The fourth-order valence-electron chi connectivity index (χ4n) is 8.92. The first-order chi connectivity index (χ1) is 29.3. The van der Waals surface area contributed by atoms with Gasteiger partial charge in [0.05, 0.1) is 33.6 Å². The second kappa shape index (κ2) is 13.3. The molecule has 5 nitrogen and oxygen atoms in total. The number of fused-ring (bicyclic) bond motifs is 8. The van der Waals surface area contributed by atoms with E-state index < -0.39 is 0 Å². The first kappa shape index (κ1) is 33.2. The lowest BCUT2D eigenvalue weighted by Gasteiger charge is -2.33. The SMILES string of the molecule is c1ccc(-c2nc(-c3cccc(-n4c5ccc6ccccc6c5c5cccc(-c6ccc7c(c6)Oc6ccccc6N7c6ccccc6)c54)c3)nc3ccccc23)cc1. The van der Waals surface area contributed by atoms with Crippen LogP contribution in [0.1, 0.15) is 0 Å². The van der Waals surface area contributed by atoms with Crippen LogP contribution in [0.15, 0.2) is 206 Å². The molecule has 0 unspecified atom stereocenters. The van der Waals surface area contributed by atoms with Crippen molar-refractivity contribution in [3.63, 3.8) is 0 Å². The molecule has 11 aromatic rings. The summed E-state index contributed by atoms with van der Waals surface area (Å²) in [5.74, 6) is 2.31. The number of aromatic nitrogens is 3. The summed E-state index contributed by atoms with van der Waals surface area (Å²) in [4.78, 5) is 12.7. The quantitative estimate of drug-likeness (QED) is 0.175. The first-order valence-corrected chi connectivity index (χ1v) is 19.9. The van der Waals surface area contributed by atoms with Crippen molar-refractivity contribution in [1.29, 1.82) is 0 Å². The van der Waals surface area contributed by atoms with Crippen LogP contribution in [0.25, 0.3) is 82.9 Å². The monoisotopic (exact) mass is 754 g/mol. The maximum absolute atomic E-state index is 6.71. The van der Waals surface area contributed by atoms with Gasteiger partial charge in [0.1, 0.15) is 0 Å². The Hall–Kier alpha value is -8.02. The lowest BCUT2D eigenvalue weighted by molar-refractivity contribution is 0.477. The first-order valence-electron chi connectivity index (χ1n) is 19.9. The maximum Gasteiger partial charge on any atom is 0.160 e. The van der Waals surface area contributed by atoms with E-state index in [2.05, 4.69) is 191 Å². The molecule has 0 saturated heterocycles. The minimum absolute atomic E-state index is 0.686. The summed E-state index contributed by atoms with van der Waals surface area (Å²) in [6.45, 7) is 0. The molecule has 1 aliphatic rings. The largest absolute Gasteiger partial charge is 0.453 e. The molecule has 5 heteroatoms. The summed E-state index contributed by atoms with van der Waals surface area (Å²) in [5.41, 5.74) is 12.4. The van der Waals surface area contributed by atoms with Crippen molar-refractivity contribution in [1.82, 2.24) is 14.5 Å². The van der Waals surface area contributed by atoms with E-state index in [9.17, 15) is 0 Å². The van der Waals surface area contributed by atoms with Crippen LogP contribution >= 0.6 is 0 Å². The highest BCUT2D eigenvalue weighted by molar-refractivity contribution is 6.23. The zero-order valence-corrected chi connectivity index (χ0v) is 31.8. The predicted octanol–water partition coefficient (Wildman–Crippen LogP) is 14.5. The van der Waals surface area contributed by atoms with Gasteiger partial charge in [-0.05, 0) is 77.0 Å². The number of hydrogen-bond donors (Lipinski definition) is 0. The molecule has 0 spiro atoms. The molecule has 59 heavy (non-hydrogen) atoms. The van der Waals surface area contributed by atoms with Crippen LogP contribution in [0.5, 0.6) is 11.5 Å². The van der Waals surface area contributed by atoms with Gasteiger partial charge in [0.2, 0.25) is 0 Å². The van der Waals surface area contributed by atoms with Crippen LogP contribution in [-0.2, 0) is 0 Å². The van der Waals surface area contributed by atoms with Gasteiger partial charge in [0.15, 0.2) is 17.3 Å². The second-order valence-electron chi connectivity index (χ2n) is 15.0. The van der Waals surface area contributed by atoms with Crippen LogP contribution in [-0.4, -0.2) is 14.5 Å². The molecule has 12 rings (SSSR count). The zero-order valence-electron chi connectivity index (χ0n) is 31.8. The summed E-state index contributed by atoms with van der Waals surface area (Å²) < 4.78 is 9.13. The summed E-state index contributed by atoms with van der Waals surface area (Å²) in [7, 11) is 0. The van der Waals surface area contributed by atoms with Crippen molar-refractivity contribution < 1.29 is 4.74 Å². The van der Waals surface area contributed by atoms with Crippen molar-refractivity contribution in [2.75, 3.05) is 4.90 Å². The fourth-order valence-corrected chi connectivity index (χ4v) is 8.92. The molecule has 0 aliphatic carbocycles. The van der Waals surface area contributed by atoms with Crippen LogP contribution in [0.2, 0.25) is 0 Å². The second-order valence-corrected chi connectivity index (χ2v) is 15.0. The van der Waals surface area contributed by atoms with Gasteiger partial charge in [0, 0.05) is 44.2 Å². The molecule has 9 aromatic carbocycles. The molecule has 3 heterocycles. The third-order valence-electron chi connectivity index (χ3n) is 11.5. The molecule has 0 bridgehead atoms. The van der Waals surface area contributed by atoms with E-state index >= 15 is 0 Å². The average Bonchev–Trinajstić information content (AvgIpc) is 3.66. The van der Waals surface area contributed by atoms with Gasteiger partial charge in [-0.25, -0.2) is 9.97 Å². The van der Waals surface area contributed by atoms with Crippen LogP contribution in [0, 0.1) is 0 Å². The van der Waals surface area contributed by atoms with Crippen molar-refractivity contribution in [3.8, 4) is 51.0 Å². The predicted molar refractivity (Wildman–Crippen MR) is 242 cm³/mol. The molecule has 2 aromatic heterocycles. The Kier molecular flexibility index (Phi) is 7.47. The molecule has 0 N–H and O–H groups in total. The highest BCUT2D eigenvalue weighted by Gasteiger charge is 2.27. The van der Waals surface area contributed by atoms with Gasteiger partial charge in [0.25, 0.3) is 0 Å². The van der Waals surface area contributed by atoms with E-state index in [1.165, 1.54) is 21.5 Å². The zero-order chi connectivity index (χ0) is 38.9. The van der Waals surface area contributed by atoms with Gasteiger partial charge in [-0.1, -0.05) is 146 Å². The normalized spacial score (nSPS) is 12.2. The van der Waals surface area contributed by atoms with Gasteiger partial charge in [-0.3, -0.25) is 0 Å². The van der Waals surface area contributed by atoms with E-state index in [1.807, 2.05) is 24.3 Å². The van der Waals surface area contributed by atoms with Crippen LogP contribution in [0.4, 0.5) is 17.1 Å². The number of hydrogen-bond acceptors (Lipinski definition) is 4. The molecule has 0 radical (unpaired) electrons. The Bertz CT molecular complexity index is 3430. The summed E-state index contributed by atoms with van der Waals surface area (Å²) >= 11 is 0. The number of nitrogens with zero attached hydrogens (tertiary/aromatic N) is 4. The summed E-state index contributed by atoms with van der Waals surface area (Å²) in [5, 5.41) is 5.86. The van der Waals surface area contributed by atoms with Gasteiger partial charge in [-0.2, -0.15) is 0 Å². The van der Waals surface area contributed by atoms with E-state index in [0.717, 1.165) is 84.1 Å². The van der Waals surface area contributed by atoms with Gasteiger partial charge in [-0.15, -0.1) is 0 Å². The lowest BCUT2D eigenvalue weighted by Crippen LogP contribution is -2.15. The summed E-state index contributed by atoms with van der Waals surface area (Å²) in [6.07, 6.45) is 0. The molecule has 0 amide bonds. The molecule has 0 atom stereocenters. The molecule has 1 aliphatic heterocycles. The van der Waals surface area contributed by atoms with E-state index in [1.54, 1.807) is 0 Å². The van der Waals surface area contributed by atoms with Crippen molar-refractivity contribution in [2.45, 2.75) is 0 Å². The topological polar surface area (TPSA) is 43.2 Å². The molecule has 0 saturated carbocycles. The highest BCUT2D eigenvalue weighted by Crippen LogP contribution is 2.52. The number of ether oxygens (including phenoxy) is 1. The summed E-state index contributed by atoms with van der Waals surface area (Å²) in [6, 6.07) is 72.5. The minimum Gasteiger partial charge on any atom is -0.453 e. The fraction of sp³-hybridized carbons (Fsp3) is 0. The standard InChI is InChI=1S/C54H34N4O/c1-3-16-36(17-4-1)52-43-23-9-10-26-45(43)55-54(56-52)38-18-13-21-40(33-38)58-48-32-29-35-15-7-8-22-41(35)51(48)44-25-14-24-42(53(44)58)37-30-31-47-50(34-37)59-49-28-12-11-27-46(49)57(47)39-19-5-2-6-20-39/h1-34H. The molecule has 0 fully saturated rings. The van der Waals surface area contributed by atoms with Crippen LogP contribution in [0.3, 0.4) is 0 Å².